The topological polar surface area (TPSA) is 47.7 Å². The van der Waals surface area contributed by atoms with Crippen molar-refractivity contribution in [1.29, 1.82) is 0 Å². The zero-order valence-electron chi connectivity index (χ0n) is 21.2. The van der Waals surface area contributed by atoms with Crippen LogP contribution in [0, 0.1) is 6.92 Å². The molecule has 4 rings (SSSR count). The Morgan fingerprint density at radius 2 is 1.69 bits per heavy atom. The standard InChI is InChI=1S/C31H34N2O2S/c1-22-14-15-25(27(20-34-3)21-35-4)17-30(22)36-23(2)16-26-18-31(32)33(19-24-10-6-5-7-11-24)29-13-9-8-12-28(26)29/h5-18,27H,2,19-21,32H2,1,3-4H3. The van der Waals surface area contributed by atoms with Crippen LogP contribution in [-0.4, -0.2) is 27.4 Å². The normalized spacial score (nSPS) is 14.2. The summed E-state index contributed by atoms with van der Waals surface area (Å²) in [6, 6.07) is 25.3. The number of rotatable bonds is 10. The quantitative estimate of drug-likeness (QED) is 0.309. The summed E-state index contributed by atoms with van der Waals surface area (Å²) >= 11 is 1.67. The van der Waals surface area contributed by atoms with E-state index in [-0.39, 0.29) is 5.92 Å². The van der Waals surface area contributed by atoms with Gasteiger partial charge in [0, 0.05) is 42.0 Å². The number of thioether (sulfide) groups is 1. The third-order valence-corrected chi connectivity index (χ3v) is 7.32. The average Bonchev–Trinajstić information content (AvgIpc) is 2.88. The highest BCUT2D eigenvalue weighted by molar-refractivity contribution is 8.03. The predicted octanol–water partition coefficient (Wildman–Crippen LogP) is 6.88. The third-order valence-electron chi connectivity index (χ3n) is 6.28. The highest BCUT2D eigenvalue weighted by Gasteiger charge is 2.21. The molecule has 186 valence electrons. The molecule has 5 heteroatoms. The summed E-state index contributed by atoms with van der Waals surface area (Å²) in [6.07, 6.45) is 4.18. The van der Waals surface area contributed by atoms with Crippen molar-refractivity contribution < 1.29 is 9.47 Å². The van der Waals surface area contributed by atoms with Crippen LogP contribution in [0.25, 0.3) is 5.57 Å². The van der Waals surface area contributed by atoms with E-state index in [4.69, 9.17) is 15.2 Å². The lowest BCUT2D eigenvalue weighted by molar-refractivity contribution is 0.117. The van der Waals surface area contributed by atoms with Crippen molar-refractivity contribution in [2.24, 2.45) is 5.73 Å². The maximum atomic E-state index is 6.58. The van der Waals surface area contributed by atoms with Crippen molar-refractivity contribution in [2.45, 2.75) is 24.3 Å². The second-order valence-electron chi connectivity index (χ2n) is 8.96. The lowest BCUT2D eigenvalue weighted by Crippen LogP contribution is -2.30. The van der Waals surface area contributed by atoms with Gasteiger partial charge in [0.2, 0.25) is 0 Å². The molecule has 4 nitrogen and oxygen atoms in total. The van der Waals surface area contributed by atoms with Gasteiger partial charge in [-0.15, -0.1) is 0 Å². The number of para-hydroxylation sites is 1. The number of benzene rings is 3. The smallest absolute Gasteiger partial charge is 0.104 e. The molecule has 36 heavy (non-hydrogen) atoms. The van der Waals surface area contributed by atoms with Crippen molar-refractivity contribution >= 4 is 23.0 Å². The molecule has 1 heterocycles. The van der Waals surface area contributed by atoms with Crippen molar-refractivity contribution in [3.05, 3.63) is 125 Å². The maximum absolute atomic E-state index is 6.58. The van der Waals surface area contributed by atoms with E-state index in [9.17, 15) is 0 Å². The Hall–Kier alpha value is -3.25. The number of fused-ring (bicyclic) bond motifs is 1. The summed E-state index contributed by atoms with van der Waals surface area (Å²) in [5, 5.41) is 0. The summed E-state index contributed by atoms with van der Waals surface area (Å²) < 4.78 is 10.8. The van der Waals surface area contributed by atoms with Gasteiger partial charge in [0.05, 0.1) is 18.9 Å². The van der Waals surface area contributed by atoms with Gasteiger partial charge in [-0.25, -0.2) is 0 Å². The fraction of sp³-hybridized carbons (Fsp3) is 0.226. The Morgan fingerprint density at radius 1 is 1.00 bits per heavy atom. The molecule has 1 aliphatic rings. The molecular formula is C31H34N2O2S. The van der Waals surface area contributed by atoms with E-state index in [2.05, 4.69) is 91.2 Å². The van der Waals surface area contributed by atoms with Crippen LogP contribution in [-0.2, 0) is 16.0 Å². The minimum atomic E-state index is 0.190. The van der Waals surface area contributed by atoms with Gasteiger partial charge in [-0.2, -0.15) is 0 Å². The predicted molar refractivity (Wildman–Crippen MR) is 152 cm³/mol. The van der Waals surface area contributed by atoms with Gasteiger partial charge in [-0.05, 0) is 53.5 Å². The highest BCUT2D eigenvalue weighted by Crippen LogP contribution is 2.39. The molecule has 0 fully saturated rings. The van der Waals surface area contributed by atoms with E-state index < -0.39 is 0 Å². The van der Waals surface area contributed by atoms with E-state index in [0.29, 0.717) is 13.2 Å². The fourth-order valence-corrected chi connectivity index (χ4v) is 5.33. The number of allylic oxidation sites excluding steroid dienone is 3. The number of hydrogen-bond donors (Lipinski definition) is 1. The fourth-order valence-electron chi connectivity index (χ4n) is 4.44. The van der Waals surface area contributed by atoms with E-state index in [1.165, 1.54) is 21.6 Å². The molecule has 0 unspecified atom stereocenters. The number of anilines is 1. The molecule has 0 spiro atoms. The molecule has 3 aromatic rings. The number of ether oxygens (including phenoxy) is 2. The van der Waals surface area contributed by atoms with Gasteiger partial charge < -0.3 is 20.1 Å². The largest absolute Gasteiger partial charge is 0.385 e. The SMILES string of the molecule is C=C(C=C1C=C(N)N(Cc2ccccc2)c2ccccc21)Sc1cc(C(COC)COC)ccc1C. The first-order valence-electron chi connectivity index (χ1n) is 12.0. The average molecular weight is 499 g/mol. The second kappa shape index (κ2) is 12.1. The van der Waals surface area contributed by atoms with Crippen molar-refractivity contribution in [3.8, 4) is 0 Å². The monoisotopic (exact) mass is 498 g/mol. The van der Waals surface area contributed by atoms with Crippen LogP contribution in [0.4, 0.5) is 5.69 Å². The van der Waals surface area contributed by atoms with Gasteiger partial charge in [-0.1, -0.05) is 79.0 Å². The molecule has 0 atom stereocenters. The molecular weight excluding hydrogens is 464 g/mol. The minimum Gasteiger partial charge on any atom is -0.385 e. The van der Waals surface area contributed by atoms with Crippen LogP contribution in [0.15, 0.2) is 107 Å². The summed E-state index contributed by atoms with van der Waals surface area (Å²) in [5.41, 5.74) is 13.5. The van der Waals surface area contributed by atoms with Crippen LogP contribution in [0.1, 0.15) is 28.2 Å². The van der Waals surface area contributed by atoms with Crippen LogP contribution >= 0.6 is 11.8 Å². The van der Waals surface area contributed by atoms with Crippen molar-refractivity contribution in [1.82, 2.24) is 0 Å². The molecule has 1 aliphatic heterocycles. The van der Waals surface area contributed by atoms with Crippen LogP contribution < -0.4 is 10.6 Å². The van der Waals surface area contributed by atoms with E-state index in [0.717, 1.165) is 34.1 Å². The zero-order chi connectivity index (χ0) is 25.5. The summed E-state index contributed by atoms with van der Waals surface area (Å²) in [5.74, 6) is 0.914. The summed E-state index contributed by atoms with van der Waals surface area (Å²) in [4.78, 5) is 4.30. The van der Waals surface area contributed by atoms with Crippen molar-refractivity contribution in [2.75, 3.05) is 32.3 Å². The number of methoxy groups -OCH3 is 2. The van der Waals surface area contributed by atoms with Crippen LogP contribution in [0.2, 0.25) is 0 Å². The van der Waals surface area contributed by atoms with Crippen LogP contribution in [0.3, 0.4) is 0 Å². The summed E-state index contributed by atoms with van der Waals surface area (Å²) in [7, 11) is 3.45. The van der Waals surface area contributed by atoms with E-state index >= 15 is 0 Å². The molecule has 2 N–H and O–H groups in total. The number of hydrogen-bond acceptors (Lipinski definition) is 5. The molecule has 0 radical (unpaired) electrons. The third kappa shape index (κ3) is 6.11. The van der Waals surface area contributed by atoms with Gasteiger partial charge in [0.25, 0.3) is 0 Å². The van der Waals surface area contributed by atoms with Gasteiger partial charge in [-0.3, -0.25) is 0 Å². The molecule has 0 aromatic heterocycles. The number of nitrogens with zero attached hydrogens (tertiary/aromatic N) is 1. The molecule has 0 bridgehead atoms. The van der Waals surface area contributed by atoms with E-state index in [1.54, 1.807) is 26.0 Å². The Labute approximate surface area is 219 Å². The number of nitrogens with two attached hydrogens (primary N) is 1. The summed E-state index contributed by atoms with van der Waals surface area (Å²) in [6.45, 7) is 8.46. The zero-order valence-corrected chi connectivity index (χ0v) is 22.1. The van der Waals surface area contributed by atoms with Gasteiger partial charge in [0.1, 0.15) is 5.82 Å². The lowest BCUT2D eigenvalue weighted by atomic mass is 9.98. The van der Waals surface area contributed by atoms with Gasteiger partial charge in [0.15, 0.2) is 0 Å². The first kappa shape index (κ1) is 25.8. The lowest BCUT2D eigenvalue weighted by Gasteiger charge is -2.31. The number of aryl methyl sites for hydroxylation is 1. The highest BCUT2D eigenvalue weighted by atomic mass is 32.2. The maximum Gasteiger partial charge on any atom is 0.104 e. The van der Waals surface area contributed by atoms with E-state index in [1.807, 2.05) is 12.1 Å². The van der Waals surface area contributed by atoms with Gasteiger partial charge >= 0.3 is 0 Å². The molecule has 0 amide bonds. The molecule has 3 aromatic carbocycles. The molecule has 0 aliphatic carbocycles. The second-order valence-corrected chi connectivity index (χ2v) is 10.1. The Balaban J connectivity index is 1.59. The molecule has 0 saturated heterocycles. The molecule has 0 saturated carbocycles. The first-order chi connectivity index (χ1) is 17.5. The van der Waals surface area contributed by atoms with Crippen molar-refractivity contribution in [3.63, 3.8) is 0 Å². The minimum absolute atomic E-state index is 0.190. The Kier molecular flexibility index (Phi) is 8.70. The Bertz CT molecular complexity index is 1260. The first-order valence-corrected chi connectivity index (χ1v) is 12.9. The Morgan fingerprint density at radius 3 is 2.42 bits per heavy atom. The van der Waals surface area contributed by atoms with Crippen LogP contribution in [0.5, 0.6) is 0 Å².